The van der Waals surface area contributed by atoms with Gasteiger partial charge in [0.1, 0.15) is 0 Å². The molecule has 0 fully saturated rings. The SMILES string of the molecule is N#Cc1ccccc1CNC(=O)CCCC(=O)NCc1ccccc1C#N. The van der Waals surface area contributed by atoms with E-state index in [4.69, 9.17) is 10.5 Å². The molecule has 2 rings (SSSR count). The van der Waals surface area contributed by atoms with Crippen LogP contribution in [0.15, 0.2) is 48.5 Å². The maximum absolute atomic E-state index is 11.9. The van der Waals surface area contributed by atoms with Gasteiger partial charge in [0.15, 0.2) is 0 Å². The first-order chi connectivity index (χ1) is 13.1. The van der Waals surface area contributed by atoms with E-state index in [1.807, 2.05) is 12.1 Å². The molecule has 0 aliphatic carbocycles. The summed E-state index contributed by atoms with van der Waals surface area (Å²) in [5, 5.41) is 23.6. The highest BCUT2D eigenvalue weighted by atomic mass is 16.2. The summed E-state index contributed by atoms with van der Waals surface area (Å²) in [5.74, 6) is -0.323. The zero-order valence-corrected chi connectivity index (χ0v) is 14.9. The molecule has 27 heavy (non-hydrogen) atoms. The standard InChI is InChI=1S/C21H20N4O2/c22-12-16-6-1-3-8-18(16)14-24-20(26)10-5-11-21(27)25-15-19-9-4-2-7-17(19)13-23/h1-4,6-9H,5,10-11,14-15H2,(H,24,26)(H,25,27). The van der Waals surface area contributed by atoms with Crippen LogP contribution in [0.4, 0.5) is 0 Å². The Labute approximate surface area is 158 Å². The van der Waals surface area contributed by atoms with E-state index in [0.29, 0.717) is 30.6 Å². The number of nitriles is 2. The van der Waals surface area contributed by atoms with Gasteiger partial charge in [-0.15, -0.1) is 0 Å². The van der Waals surface area contributed by atoms with Crippen molar-refractivity contribution in [3.63, 3.8) is 0 Å². The van der Waals surface area contributed by atoms with Crippen LogP contribution in [0.3, 0.4) is 0 Å². The number of hydrogen-bond donors (Lipinski definition) is 2. The Morgan fingerprint density at radius 3 is 1.56 bits per heavy atom. The van der Waals surface area contributed by atoms with Gasteiger partial charge < -0.3 is 10.6 Å². The summed E-state index contributed by atoms with van der Waals surface area (Å²) in [4.78, 5) is 23.8. The smallest absolute Gasteiger partial charge is 0.220 e. The number of amides is 2. The first kappa shape index (κ1) is 19.7. The van der Waals surface area contributed by atoms with Crippen molar-refractivity contribution in [2.75, 3.05) is 0 Å². The van der Waals surface area contributed by atoms with Gasteiger partial charge in [0.2, 0.25) is 11.8 Å². The molecule has 2 aromatic rings. The second kappa shape index (κ2) is 10.4. The first-order valence-corrected chi connectivity index (χ1v) is 8.63. The van der Waals surface area contributed by atoms with Gasteiger partial charge in [-0.25, -0.2) is 0 Å². The zero-order valence-electron chi connectivity index (χ0n) is 14.9. The molecule has 2 aromatic carbocycles. The van der Waals surface area contributed by atoms with E-state index in [1.54, 1.807) is 36.4 Å². The molecule has 0 aliphatic heterocycles. The van der Waals surface area contributed by atoms with Crippen LogP contribution < -0.4 is 10.6 Å². The largest absolute Gasteiger partial charge is 0.352 e. The zero-order chi connectivity index (χ0) is 19.5. The number of nitrogens with zero attached hydrogens (tertiary/aromatic N) is 2. The molecule has 0 aliphatic rings. The highest BCUT2D eigenvalue weighted by Crippen LogP contribution is 2.08. The molecule has 6 heteroatoms. The number of carbonyl (C=O) groups excluding carboxylic acids is 2. The van der Waals surface area contributed by atoms with Crippen LogP contribution in [-0.2, 0) is 22.7 Å². The minimum atomic E-state index is -0.162. The highest BCUT2D eigenvalue weighted by Gasteiger charge is 2.08. The van der Waals surface area contributed by atoms with E-state index in [1.165, 1.54) is 0 Å². The summed E-state index contributed by atoms with van der Waals surface area (Å²) in [6.07, 6.45) is 0.894. The maximum Gasteiger partial charge on any atom is 0.220 e. The Hall–Kier alpha value is -3.64. The quantitative estimate of drug-likeness (QED) is 0.754. The average Bonchev–Trinajstić information content (AvgIpc) is 2.71. The van der Waals surface area contributed by atoms with Crippen LogP contribution in [0.1, 0.15) is 41.5 Å². The van der Waals surface area contributed by atoms with E-state index in [9.17, 15) is 9.59 Å². The van der Waals surface area contributed by atoms with Crippen LogP contribution in [0.2, 0.25) is 0 Å². The molecule has 0 radical (unpaired) electrons. The summed E-state index contributed by atoms with van der Waals surface area (Å²) in [6, 6.07) is 18.4. The second-order valence-electron chi connectivity index (χ2n) is 5.94. The van der Waals surface area contributed by atoms with Gasteiger partial charge >= 0.3 is 0 Å². The van der Waals surface area contributed by atoms with Gasteiger partial charge in [-0.2, -0.15) is 10.5 Å². The minimum Gasteiger partial charge on any atom is -0.352 e. The molecular weight excluding hydrogens is 340 g/mol. The van der Waals surface area contributed by atoms with Crippen LogP contribution in [0.5, 0.6) is 0 Å². The van der Waals surface area contributed by atoms with Gasteiger partial charge in [-0.05, 0) is 29.7 Å². The van der Waals surface area contributed by atoms with Gasteiger partial charge in [-0.1, -0.05) is 36.4 Å². The van der Waals surface area contributed by atoms with E-state index in [2.05, 4.69) is 22.8 Å². The van der Waals surface area contributed by atoms with Gasteiger partial charge in [-0.3, -0.25) is 9.59 Å². The molecule has 0 saturated heterocycles. The number of hydrogen-bond acceptors (Lipinski definition) is 4. The third-order valence-corrected chi connectivity index (χ3v) is 4.04. The van der Waals surface area contributed by atoms with Crippen LogP contribution >= 0.6 is 0 Å². The van der Waals surface area contributed by atoms with E-state index < -0.39 is 0 Å². The number of benzene rings is 2. The number of carbonyl (C=O) groups is 2. The molecule has 0 saturated carbocycles. The summed E-state index contributed by atoms with van der Waals surface area (Å²) >= 11 is 0. The summed E-state index contributed by atoms with van der Waals surface area (Å²) in [5.41, 5.74) is 2.61. The Morgan fingerprint density at radius 2 is 1.15 bits per heavy atom. The molecule has 0 atom stereocenters. The molecule has 0 aromatic heterocycles. The molecule has 6 nitrogen and oxygen atoms in total. The fraction of sp³-hybridized carbons (Fsp3) is 0.238. The topological polar surface area (TPSA) is 106 Å². The Balaban J connectivity index is 1.68. The predicted molar refractivity (Wildman–Crippen MR) is 99.9 cm³/mol. The lowest BCUT2D eigenvalue weighted by Gasteiger charge is -2.08. The average molecular weight is 360 g/mol. The van der Waals surface area contributed by atoms with Crippen molar-refractivity contribution in [2.24, 2.45) is 0 Å². The lowest BCUT2D eigenvalue weighted by molar-refractivity contribution is -0.122. The lowest BCUT2D eigenvalue weighted by Crippen LogP contribution is -2.25. The fourth-order valence-electron chi connectivity index (χ4n) is 2.54. The third-order valence-electron chi connectivity index (χ3n) is 4.04. The van der Waals surface area contributed by atoms with Gasteiger partial charge in [0, 0.05) is 25.9 Å². The van der Waals surface area contributed by atoms with Crippen molar-refractivity contribution in [3.8, 4) is 12.1 Å². The normalized spacial score (nSPS) is 9.70. The molecule has 0 spiro atoms. The number of rotatable bonds is 8. The monoisotopic (exact) mass is 360 g/mol. The van der Waals surface area contributed by atoms with Crippen molar-refractivity contribution in [1.29, 1.82) is 10.5 Å². The fourth-order valence-corrected chi connectivity index (χ4v) is 2.54. The molecular formula is C21H20N4O2. The molecule has 0 bridgehead atoms. The third kappa shape index (κ3) is 6.30. The molecule has 2 amide bonds. The molecule has 0 unspecified atom stereocenters. The first-order valence-electron chi connectivity index (χ1n) is 8.63. The van der Waals surface area contributed by atoms with Crippen LogP contribution in [-0.4, -0.2) is 11.8 Å². The molecule has 2 N–H and O–H groups in total. The van der Waals surface area contributed by atoms with Crippen LogP contribution in [0.25, 0.3) is 0 Å². The Kier molecular flexibility index (Phi) is 7.56. The van der Waals surface area contributed by atoms with E-state index in [0.717, 1.165) is 11.1 Å². The number of nitrogens with one attached hydrogen (secondary N) is 2. The van der Waals surface area contributed by atoms with Crippen molar-refractivity contribution in [1.82, 2.24) is 10.6 Å². The van der Waals surface area contributed by atoms with Gasteiger partial charge in [0.25, 0.3) is 0 Å². The highest BCUT2D eigenvalue weighted by molar-refractivity contribution is 5.78. The van der Waals surface area contributed by atoms with Crippen LogP contribution in [0, 0.1) is 22.7 Å². The van der Waals surface area contributed by atoms with E-state index >= 15 is 0 Å². The Bertz CT molecular complexity index is 820. The predicted octanol–water partition coefficient (Wildman–Crippen LogP) is 2.53. The summed E-state index contributed by atoms with van der Waals surface area (Å²) < 4.78 is 0. The van der Waals surface area contributed by atoms with Crippen molar-refractivity contribution >= 4 is 11.8 Å². The van der Waals surface area contributed by atoms with Gasteiger partial charge in [0.05, 0.1) is 23.3 Å². The second-order valence-corrected chi connectivity index (χ2v) is 5.94. The maximum atomic E-state index is 11.9. The molecule has 0 heterocycles. The van der Waals surface area contributed by atoms with Crippen molar-refractivity contribution in [2.45, 2.75) is 32.4 Å². The summed E-state index contributed by atoms with van der Waals surface area (Å²) in [6.45, 7) is 0.583. The van der Waals surface area contributed by atoms with Crippen molar-refractivity contribution in [3.05, 3.63) is 70.8 Å². The van der Waals surface area contributed by atoms with Crippen molar-refractivity contribution < 1.29 is 9.59 Å². The molecule has 136 valence electrons. The minimum absolute atomic E-state index is 0.162. The Morgan fingerprint density at radius 1 is 0.741 bits per heavy atom. The van der Waals surface area contributed by atoms with E-state index in [-0.39, 0.29) is 24.7 Å². The summed E-state index contributed by atoms with van der Waals surface area (Å²) in [7, 11) is 0. The lowest BCUT2D eigenvalue weighted by atomic mass is 10.1.